The summed E-state index contributed by atoms with van der Waals surface area (Å²) in [5.74, 6) is -1.54. The highest BCUT2D eigenvalue weighted by Gasteiger charge is 2.20. The number of hydrogen-bond acceptors (Lipinski definition) is 3. The number of amides is 2. The average Bonchev–Trinajstić information content (AvgIpc) is 2.76. The van der Waals surface area contributed by atoms with Crippen LogP contribution >= 0.6 is 11.6 Å². The van der Waals surface area contributed by atoms with Crippen molar-refractivity contribution in [2.75, 3.05) is 0 Å². The lowest BCUT2D eigenvalue weighted by atomic mass is 10.2. The Morgan fingerprint density at radius 1 is 1.16 bits per heavy atom. The van der Waals surface area contributed by atoms with Gasteiger partial charge >= 0.3 is 0 Å². The summed E-state index contributed by atoms with van der Waals surface area (Å²) in [6, 6.07) is 7.06. The van der Waals surface area contributed by atoms with E-state index in [1.165, 1.54) is 10.9 Å². The highest BCUT2D eigenvalue weighted by molar-refractivity contribution is 6.30. The van der Waals surface area contributed by atoms with Gasteiger partial charge in [-0.2, -0.15) is 0 Å². The molecule has 7 heteroatoms. The normalized spacial score (nSPS) is 10.4. The summed E-state index contributed by atoms with van der Waals surface area (Å²) in [5, 5.41) is 0.613. The molecular formula is C12H11ClN4O2. The fourth-order valence-electron chi connectivity index (χ4n) is 1.73. The van der Waals surface area contributed by atoms with Crippen molar-refractivity contribution in [1.82, 2.24) is 9.55 Å². The molecule has 0 radical (unpaired) electrons. The van der Waals surface area contributed by atoms with Crippen LogP contribution in [0.2, 0.25) is 5.02 Å². The molecule has 0 bridgehead atoms. The Bertz CT molecular complexity index is 634. The summed E-state index contributed by atoms with van der Waals surface area (Å²) >= 11 is 5.79. The molecule has 0 unspecified atom stereocenters. The highest BCUT2D eigenvalue weighted by Crippen LogP contribution is 2.13. The van der Waals surface area contributed by atoms with Gasteiger partial charge < -0.3 is 16.0 Å². The van der Waals surface area contributed by atoms with Crippen LogP contribution in [0, 0.1) is 0 Å². The van der Waals surface area contributed by atoms with Crippen molar-refractivity contribution in [1.29, 1.82) is 0 Å². The standard InChI is InChI=1S/C12H11ClN4O2/c13-8-3-1-7(2-4-8)5-17-6-16-9(11(14)18)10(17)12(15)19/h1-4,6H,5H2,(H2,14,18)(H2,15,19). The predicted molar refractivity (Wildman–Crippen MR) is 69.8 cm³/mol. The molecule has 1 aromatic heterocycles. The molecule has 2 amide bonds. The first-order valence-corrected chi connectivity index (χ1v) is 5.76. The van der Waals surface area contributed by atoms with E-state index in [0.29, 0.717) is 11.6 Å². The molecule has 0 aliphatic rings. The van der Waals surface area contributed by atoms with Gasteiger partial charge in [0.05, 0.1) is 6.33 Å². The third-order valence-electron chi connectivity index (χ3n) is 2.57. The Hall–Kier alpha value is -2.34. The number of rotatable bonds is 4. The highest BCUT2D eigenvalue weighted by atomic mass is 35.5. The van der Waals surface area contributed by atoms with Gasteiger partial charge in [-0.05, 0) is 17.7 Å². The largest absolute Gasteiger partial charge is 0.364 e. The van der Waals surface area contributed by atoms with Crippen LogP contribution in [0.5, 0.6) is 0 Å². The molecule has 98 valence electrons. The monoisotopic (exact) mass is 278 g/mol. The fourth-order valence-corrected chi connectivity index (χ4v) is 1.85. The summed E-state index contributed by atoms with van der Waals surface area (Å²) in [4.78, 5) is 26.4. The second-order valence-corrected chi connectivity index (χ2v) is 4.36. The number of hydrogen-bond donors (Lipinski definition) is 2. The van der Waals surface area contributed by atoms with Crippen LogP contribution in [0.1, 0.15) is 26.5 Å². The summed E-state index contributed by atoms with van der Waals surface area (Å²) in [7, 11) is 0. The van der Waals surface area contributed by atoms with Crippen LogP contribution in [-0.2, 0) is 6.54 Å². The first kappa shape index (κ1) is 13.1. The zero-order valence-electron chi connectivity index (χ0n) is 9.84. The lowest BCUT2D eigenvalue weighted by Gasteiger charge is -2.06. The molecular weight excluding hydrogens is 268 g/mol. The third-order valence-corrected chi connectivity index (χ3v) is 2.82. The molecule has 0 aliphatic heterocycles. The number of nitrogens with zero attached hydrogens (tertiary/aromatic N) is 2. The molecule has 4 N–H and O–H groups in total. The summed E-state index contributed by atoms with van der Waals surface area (Å²) in [5.41, 5.74) is 11.2. The molecule has 1 aromatic carbocycles. The molecule has 2 aromatic rings. The van der Waals surface area contributed by atoms with Gasteiger partial charge in [0.25, 0.3) is 11.8 Å². The quantitative estimate of drug-likeness (QED) is 0.863. The maximum absolute atomic E-state index is 11.4. The molecule has 0 fully saturated rings. The van der Waals surface area contributed by atoms with E-state index in [2.05, 4.69) is 4.98 Å². The van der Waals surface area contributed by atoms with Crippen molar-refractivity contribution < 1.29 is 9.59 Å². The van der Waals surface area contributed by atoms with Crippen molar-refractivity contribution in [2.45, 2.75) is 6.54 Å². The summed E-state index contributed by atoms with van der Waals surface area (Å²) in [6.45, 7) is 0.343. The smallest absolute Gasteiger partial charge is 0.269 e. The Labute approximate surface area is 114 Å². The van der Waals surface area contributed by atoms with Crippen LogP contribution in [0.3, 0.4) is 0 Å². The Kier molecular flexibility index (Phi) is 3.52. The SMILES string of the molecule is NC(=O)c1ncn(Cc2ccc(Cl)cc2)c1C(N)=O. The van der Waals surface area contributed by atoms with Gasteiger partial charge in [-0.3, -0.25) is 9.59 Å². The average molecular weight is 279 g/mol. The van der Waals surface area contributed by atoms with Crippen molar-refractivity contribution >= 4 is 23.4 Å². The number of primary amides is 2. The van der Waals surface area contributed by atoms with Crippen LogP contribution in [0.15, 0.2) is 30.6 Å². The molecule has 0 aliphatic carbocycles. The molecule has 1 heterocycles. The van der Waals surface area contributed by atoms with E-state index in [4.69, 9.17) is 23.1 Å². The third kappa shape index (κ3) is 2.74. The van der Waals surface area contributed by atoms with E-state index < -0.39 is 11.8 Å². The molecule has 0 saturated carbocycles. The number of carbonyl (C=O) groups excluding carboxylic acids is 2. The van der Waals surface area contributed by atoms with Gasteiger partial charge in [-0.1, -0.05) is 23.7 Å². The topological polar surface area (TPSA) is 104 Å². The first-order chi connectivity index (χ1) is 8.99. The molecule has 6 nitrogen and oxygen atoms in total. The van der Waals surface area contributed by atoms with Gasteiger partial charge in [0, 0.05) is 11.6 Å². The number of carbonyl (C=O) groups is 2. The predicted octanol–water partition coefficient (Wildman–Crippen LogP) is 0.783. The van der Waals surface area contributed by atoms with E-state index >= 15 is 0 Å². The minimum absolute atomic E-state index is 0.00227. The van der Waals surface area contributed by atoms with Crippen molar-refractivity contribution in [3.8, 4) is 0 Å². The fraction of sp³-hybridized carbons (Fsp3) is 0.0833. The first-order valence-electron chi connectivity index (χ1n) is 5.38. The van der Waals surface area contributed by atoms with E-state index in [0.717, 1.165) is 5.56 Å². The van der Waals surface area contributed by atoms with Gasteiger partial charge in [0.1, 0.15) is 5.69 Å². The summed E-state index contributed by atoms with van der Waals surface area (Å²) < 4.78 is 1.48. The molecule has 0 spiro atoms. The number of imidazole rings is 1. The minimum atomic E-state index is -0.788. The van der Waals surface area contributed by atoms with Crippen LogP contribution in [-0.4, -0.2) is 21.4 Å². The molecule has 19 heavy (non-hydrogen) atoms. The molecule has 0 atom stereocenters. The zero-order valence-corrected chi connectivity index (χ0v) is 10.6. The second-order valence-electron chi connectivity index (χ2n) is 3.92. The maximum atomic E-state index is 11.4. The van der Waals surface area contributed by atoms with Crippen LogP contribution in [0.4, 0.5) is 0 Å². The lowest BCUT2D eigenvalue weighted by molar-refractivity contribution is 0.0959. The van der Waals surface area contributed by atoms with E-state index in [1.807, 2.05) is 0 Å². The van der Waals surface area contributed by atoms with E-state index in [9.17, 15) is 9.59 Å². The van der Waals surface area contributed by atoms with Crippen molar-refractivity contribution in [2.24, 2.45) is 11.5 Å². The number of benzene rings is 1. The van der Waals surface area contributed by atoms with Crippen molar-refractivity contribution in [3.05, 3.63) is 52.6 Å². The number of nitrogens with two attached hydrogens (primary N) is 2. The van der Waals surface area contributed by atoms with Crippen LogP contribution in [0.25, 0.3) is 0 Å². The summed E-state index contributed by atoms with van der Waals surface area (Å²) in [6.07, 6.45) is 1.36. The van der Waals surface area contributed by atoms with Crippen LogP contribution < -0.4 is 11.5 Å². The van der Waals surface area contributed by atoms with Gasteiger partial charge in [-0.25, -0.2) is 4.98 Å². The second kappa shape index (κ2) is 5.11. The Balaban J connectivity index is 2.37. The minimum Gasteiger partial charge on any atom is -0.364 e. The van der Waals surface area contributed by atoms with Gasteiger partial charge in [0.2, 0.25) is 0 Å². The van der Waals surface area contributed by atoms with E-state index in [-0.39, 0.29) is 11.4 Å². The van der Waals surface area contributed by atoms with E-state index in [1.54, 1.807) is 24.3 Å². The Morgan fingerprint density at radius 2 is 1.79 bits per heavy atom. The van der Waals surface area contributed by atoms with Crippen molar-refractivity contribution in [3.63, 3.8) is 0 Å². The number of aromatic nitrogens is 2. The van der Waals surface area contributed by atoms with Gasteiger partial charge in [-0.15, -0.1) is 0 Å². The number of halogens is 1. The van der Waals surface area contributed by atoms with Gasteiger partial charge in [0.15, 0.2) is 5.69 Å². The molecule has 0 saturated heterocycles. The zero-order chi connectivity index (χ0) is 14.0. The lowest BCUT2D eigenvalue weighted by Crippen LogP contribution is -2.23. The Morgan fingerprint density at radius 3 is 2.32 bits per heavy atom. The maximum Gasteiger partial charge on any atom is 0.269 e. The molecule has 2 rings (SSSR count).